The fourth-order valence-corrected chi connectivity index (χ4v) is 0.839. The van der Waals surface area contributed by atoms with E-state index in [-0.39, 0.29) is 11.4 Å². The minimum absolute atomic E-state index is 0.166. The Morgan fingerprint density at radius 2 is 2.14 bits per heavy atom. The van der Waals surface area contributed by atoms with E-state index in [0.29, 0.717) is 6.20 Å². The Bertz CT molecular complexity index is 381. The molecule has 0 radical (unpaired) electrons. The van der Waals surface area contributed by atoms with Crippen molar-refractivity contribution in [2.45, 2.75) is 6.18 Å². The minimum Gasteiger partial charge on any atom is -0.494 e. The number of halogens is 3. The lowest BCUT2D eigenvalue weighted by molar-refractivity contribution is -0.137. The average Bonchev–Trinajstić information content (AvgIpc) is 2.15. The Balaban J connectivity index is 3.23. The van der Waals surface area contributed by atoms with Crippen molar-refractivity contribution in [2.24, 2.45) is 0 Å². The molecule has 1 rings (SSSR count). The summed E-state index contributed by atoms with van der Waals surface area (Å²) in [6.45, 7) is 0. The topological polar surface area (TPSA) is 45.9 Å². The van der Waals surface area contributed by atoms with Gasteiger partial charge in [0.25, 0.3) is 0 Å². The monoisotopic (exact) mass is 202 g/mol. The normalized spacial score (nSPS) is 10.8. The van der Waals surface area contributed by atoms with Crippen LogP contribution < -0.4 is 4.74 Å². The minimum atomic E-state index is -4.48. The van der Waals surface area contributed by atoms with Crippen LogP contribution in [0, 0.1) is 11.3 Å². The van der Waals surface area contributed by atoms with Crippen LogP contribution in [0.2, 0.25) is 0 Å². The van der Waals surface area contributed by atoms with Gasteiger partial charge in [-0.05, 0) is 6.07 Å². The van der Waals surface area contributed by atoms with Crippen LogP contribution in [-0.2, 0) is 6.18 Å². The number of rotatable bonds is 1. The lowest BCUT2D eigenvalue weighted by Gasteiger charge is -2.08. The maximum atomic E-state index is 12.2. The van der Waals surface area contributed by atoms with E-state index in [9.17, 15) is 13.2 Å². The van der Waals surface area contributed by atoms with Gasteiger partial charge in [0.15, 0.2) is 11.4 Å². The van der Waals surface area contributed by atoms with Gasteiger partial charge in [-0.2, -0.15) is 18.4 Å². The molecule has 74 valence electrons. The van der Waals surface area contributed by atoms with Gasteiger partial charge in [-0.1, -0.05) is 0 Å². The maximum absolute atomic E-state index is 12.2. The molecule has 3 nitrogen and oxygen atoms in total. The molecule has 0 aliphatic rings. The summed E-state index contributed by atoms with van der Waals surface area (Å²) in [6, 6.07) is 2.36. The second-order valence-corrected chi connectivity index (χ2v) is 2.38. The van der Waals surface area contributed by atoms with Crippen LogP contribution in [0.15, 0.2) is 12.3 Å². The van der Waals surface area contributed by atoms with Crippen LogP contribution in [0.1, 0.15) is 11.3 Å². The van der Waals surface area contributed by atoms with Crippen LogP contribution in [0.4, 0.5) is 13.2 Å². The molecule has 0 saturated carbocycles. The van der Waals surface area contributed by atoms with E-state index in [0.717, 1.165) is 6.07 Å². The summed E-state index contributed by atoms with van der Waals surface area (Å²) in [5.41, 5.74) is -1.10. The molecule has 1 aromatic heterocycles. The summed E-state index contributed by atoms with van der Waals surface area (Å²) >= 11 is 0. The summed E-state index contributed by atoms with van der Waals surface area (Å²) in [6.07, 6.45) is -3.88. The maximum Gasteiger partial charge on any atom is 0.418 e. The summed E-state index contributed by atoms with van der Waals surface area (Å²) in [4.78, 5) is 3.33. The molecule has 1 heterocycles. The summed E-state index contributed by atoms with van der Waals surface area (Å²) < 4.78 is 41.1. The van der Waals surface area contributed by atoms with E-state index in [2.05, 4.69) is 9.72 Å². The Labute approximate surface area is 77.7 Å². The fourth-order valence-electron chi connectivity index (χ4n) is 0.839. The number of aromatic nitrogens is 1. The molecular formula is C8H5F3N2O. The van der Waals surface area contributed by atoms with Crippen LogP contribution in [-0.4, -0.2) is 12.1 Å². The molecule has 0 amide bonds. The van der Waals surface area contributed by atoms with Gasteiger partial charge in [0, 0.05) is 6.20 Å². The van der Waals surface area contributed by atoms with Crippen molar-refractivity contribution in [3.05, 3.63) is 23.5 Å². The largest absolute Gasteiger partial charge is 0.494 e. The van der Waals surface area contributed by atoms with Crippen molar-refractivity contribution in [1.82, 2.24) is 4.98 Å². The Morgan fingerprint density at radius 1 is 1.50 bits per heavy atom. The standard InChI is InChI=1S/C8H5F3N2O/c1-14-7-2-5(8(9,10)11)4-13-6(7)3-12/h2,4H,1H3. The van der Waals surface area contributed by atoms with Crippen molar-refractivity contribution >= 4 is 0 Å². The number of hydrogen-bond donors (Lipinski definition) is 0. The van der Waals surface area contributed by atoms with E-state index >= 15 is 0 Å². The third-order valence-electron chi connectivity index (χ3n) is 1.51. The number of alkyl halides is 3. The zero-order valence-corrected chi connectivity index (χ0v) is 7.09. The second kappa shape index (κ2) is 3.54. The Hall–Kier alpha value is -1.77. The average molecular weight is 202 g/mol. The third kappa shape index (κ3) is 1.93. The molecule has 0 aliphatic carbocycles. The molecule has 0 atom stereocenters. The summed E-state index contributed by atoms with van der Waals surface area (Å²) in [7, 11) is 1.18. The molecule has 1 aromatic rings. The van der Waals surface area contributed by atoms with E-state index in [1.165, 1.54) is 7.11 Å². The summed E-state index contributed by atoms with van der Waals surface area (Å²) in [5.74, 6) is -0.178. The lowest BCUT2D eigenvalue weighted by atomic mass is 10.2. The first-order chi connectivity index (χ1) is 6.49. The van der Waals surface area contributed by atoms with Gasteiger partial charge in [0.2, 0.25) is 0 Å². The molecular weight excluding hydrogens is 197 g/mol. The van der Waals surface area contributed by atoms with E-state index in [4.69, 9.17) is 5.26 Å². The predicted molar refractivity (Wildman–Crippen MR) is 40.5 cm³/mol. The zero-order chi connectivity index (χ0) is 10.8. The number of ether oxygens (including phenoxy) is 1. The SMILES string of the molecule is COc1cc(C(F)(F)F)cnc1C#N. The number of hydrogen-bond acceptors (Lipinski definition) is 3. The molecule has 6 heteroatoms. The van der Waals surface area contributed by atoms with Crippen LogP contribution in [0.3, 0.4) is 0 Å². The number of methoxy groups -OCH3 is 1. The molecule has 0 spiro atoms. The van der Waals surface area contributed by atoms with Crippen molar-refractivity contribution < 1.29 is 17.9 Å². The van der Waals surface area contributed by atoms with Crippen LogP contribution >= 0.6 is 0 Å². The molecule has 0 unspecified atom stereocenters. The highest BCUT2D eigenvalue weighted by Gasteiger charge is 2.31. The van der Waals surface area contributed by atoms with E-state index in [1.807, 2.05) is 0 Å². The first kappa shape index (κ1) is 10.3. The highest BCUT2D eigenvalue weighted by atomic mass is 19.4. The lowest BCUT2D eigenvalue weighted by Crippen LogP contribution is -2.06. The van der Waals surface area contributed by atoms with E-state index < -0.39 is 11.7 Å². The van der Waals surface area contributed by atoms with Crippen molar-refractivity contribution in [1.29, 1.82) is 5.26 Å². The fraction of sp³-hybridized carbons (Fsp3) is 0.250. The zero-order valence-electron chi connectivity index (χ0n) is 7.09. The van der Waals surface area contributed by atoms with Crippen LogP contribution in [0.5, 0.6) is 5.75 Å². The smallest absolute Gasteiger partial charge is 0.418 e. The van der Waals surface area contributed by atoms with Gasteiger partial charge < -0.3 is 4.74 Å². The van der Waals surface area contributed by atoms with Crippen molar-refractivity contribution in [3.8, 4) is 11.8 Å². The predicted octanol–water partition coefficient (Wildman–Crippen LogP) is 1.98. The second-order valence-electron chi connectivity index (χ2n) is 2.38. The first-order valence-corrected chi connectivity index (χ1v) is 3.50. The van der Waals surface area contributed by atoms with Gasteiger partial charge >= 0.3 is 6.18 Å². The Kier molecular flexibility index (Phi) is 2.60. The van der Waals surface area contributed by atoms with E-state index in [1.54, 1.807) is 6.07 Å². The number of nitriles is 1. The molecule has 14 heavy (non-hydrogen) atoms. The molecule has 0 bridgehead atoms. The highest BCUT2D eigenvalue weighted by molar-refractivity contribution is 5.39. The third-order valence-corrected chi connectivity index (χ3v) is 1.51. The molecule has 0 N–H and O–H groups in total. The van der Waals surface area contributed by atoms with Crippen LogP contribution in [0.25, 0.3) is 0 Å². The molecule has 0 aromatic carbocycles. The van der Waals surface area contributed by atoms with Crippen molar-refractivity contribution in [3.63, 3.8) is 0 Å². The van der Waals surface area contributed by atoms with Gasteiger partial charge in [-0.15, -0.1) is 0 Å². The van der Waals surface area contributed by atoms with Gasteiger partial charge in [-0.3, -0.25) is 0 Å². The quantitative estimate of drug-likeness (QED) is 0.699. The number of nitrogens with zero attached hydrogens (tertiary/aromatic N) is 2. The first-order valence-electron chi connectivity index (χ1n) is 3.50. The highest BCUT2D eigenvalue weighted by Crippen LogP contribution is 2.31. The molecule has 0 aliphatic heterocycles. The van der Waals surface area contributed by atoms with Crippen molar-refractivity contribution in [2.75, 3.05) is 7.11 Å². The van der Waals surface area contributed by atoms with Gasteiger partial charge in [-0.25, -0.2) is 4.98 Å². The van der Waals surface area contributed by atoms with Gasteiger partial charge in [0.05, 0.1) is 12.7 Å². The number of pyridine rings is 1. The van der Waals surface area contributed by atoms with Gasteiger partial charge in [0.1, 0.15) is 6.07 Å². The molecule has 0 saturated heterocycles. The molecule has 0 fully saturated rings. The summed E-state index contributed by atoms with van der Waals surface area (Å²) in [5, 5.41) is 8.47. The Morgan fingerprint density at radius 3 is 2.57 bits per heavy atom.